The van der Waals surface area contributed by atoms with Crippen LogP contribution in [0.4, 0.5) is 4.79 Å². The quantitative estimate of drug-likeness (QED) is 0.152. The first-order chi connectivity index (χ1) is 24.9. The van der Waals surface area contributed by atoms with Gasteiger partial charge in [-0.2, -0.15) is 0 Å². The van der Waals surface area contributed by atoms with Gasteiger partial charge in [-0.1, -0.05) is 92.7 Å². The minimum atomic E-state index is -1.12. The van der Waals surface area contributed by atoms with Crippen LogP contribution in [-0.2, 0) is 6.42 Å². The smallest absolute Gasteiger partial charge is 0.317 e. The molecule has 2 aromatic carbocycles. The van der Waals surface area contributed by atoms with Crippen LogP contribution in [0, 0.1) is 33.5 Å². The maximum atomic E-state index is 15.4. The van der Waals surface area contributed by atoms with E-state index in [0.29, 0.717) is 24.9 Å². The van der Waals surface area contributed by atoms with E-state index in [1.165, 1.54) is 4.88 Å². The van der Waals surface area contributed by atoms with E-state index >= 15 is 4.79 Å². The third-order valence-corrected chi connectivity index (χ3v) is 15.5. The highest BCUT2D eigenvalue weighted by molar-refractivity contribution is 7.09. The molecule has 0 radical (unpaired) electrons. The zero-order valence-electron chi connectivity index (χ0n) is 31.1. The second kappa shape index (κ2) is 12.8. The van der Waals surface area contributed by atoms with Crippen molar-refractivity contribution in [3.8, 4) is 11.1 Å². The van der Waals surface area contributed by atoms with Crippen LogP contribution in [0.15, 0.2) is 95.9 Å². The number of urea groups is 1. The number of amides is 2. The number of carbonyl (C=O) groups is 2. The molecule has 2 spiro atoms. The Labute approximate surface area is 313 Å². The number of ketones is 1. The second-order valence-electron chi connectivity index (χ2n) is 17.4. The van der Waals surface area contributed by atoms with Crippen molar-refractivity contribution in [3.05, 3.63) is 106 Å². The number of aliphatic hydroxyl groups excluding tert-OH is 1. The molecule has 6 nitrogen and oxygen atoms in total. The van der Waals surface area contributed by atoms with Crippen LogP contribution in [-0.4, -0.2) is 57.8 Å². The number of nitrogens with zero attached hydrogens (tertiary/aromatic N) is 1. The van der Waals surface area contributed by atoms with Crippen LogP contribution < -0.4 is 5.32 Å². The molecule has 0 aliphatic heterocycles. The highest BCUT2D eigenvalue weighted by Crippen LogP contribution is 2.78. The Hall–Kier alpha value is -3.52. The van der Waals surface area contributed by atoms with Gasteiger partial charge in [0.1, 0.15) is 0 Å². The van der Waals surface area contributed by atoms with E-state index in [2.05, 4.69) is 61.0 Å². The molecule has 3 saturated carbocycles. The highest BCUT2D eigenvalue weighted by atomic mass is 32.1. The molecule has 8 atom stereocenters. The number of hydrogen-bond donors (Lipinski definition) is 3. The van der Waals surface area contributed by atoms with E-state index in [4.69, 9.17) is 0 Å². The lowest BCUT2D eigenvalue weighted by Crippen LogP contribution is -2.67. The lowest BCUT2D eigenvalue weighted by atomic mass is 9.32. The largest absolute Gasteiger partial charge is 0.393 e. The molecule has 0 saturated heterocycles. The summed E-state index contributed by atoms with van der Waals surface area (Å²) in [6, 6.07) is 22.1. The summed E-state index contributed by atoms with van der Waals surface area (Å²) in [6.07, 6.45) is 12.7. The summed E-state index contributed by atoms with van der Waals surface area (Å²) < 4.78 is 0. The van der Waals surface area contributed by atoms with Crippen molar-refractivity contribution in [1.82, 2.24) is 10.2 Å². The summed E-state index contributed by atoms with van der Waals surface area (Å²) in [5.74, 6) is 0.266. The molecule has 7 heteroatoms. The van der Waals surface area contributed by atoms with Crippen molar-refractivity contribution in [2.45, 2.75) is 96.8 Å². The van der Waals surface area contributed by atoms with E-state index in [1.807, 2.05) is 67.3 Å². The van der Waals surface area contributed by atoms with Gasteiger partial charge in [0, 0.05) is 44.8 Å². The van der Waals surface area contributed by atoms with Gasteiger partial charge in [0.25, 0.3) is 0 Å². The van der Waals surface area contributed by atoms with Crippen LogP contribution in [0.1, 0.15) is 87.9 Å². The average molecular weight is 719 g/mol. The molecule has 9 rings (SSSR count). The zero-order chi connectivity index (χ0) is 36.5. The molecule has 2 bridgehead atoms. The van der Waals surface area contributed by atoms with Crippen LogP contribution in [0.3, 0.4) is 0 Å². The maximum Gasteiger partial charge on any atom is 0.317 e. The standard InChI is InChI=1S/C45H54N2O4S/c1-30(2)46-40(50)47(25-19-33-13-10-26-52-33)29-44(51)22-18-38-42(44,4)21-17-37-41(3)20-16-32(48)27-43(41)23-24-45(37,38)36(28-43)39(49)35-15-9-8-14-34(35)31-11-6-5-7-12-31/h5-15,23-24,26,28,30,32,37-38,48,51H,16-22,25,27,29H2,1-4H3,(H,46,50)/t32?,37-,38-,41-,42+,43+,44-,45-/m1/s1. The van der Waals surface area contributed by atoms with Crippen molar-refractivity contribution >= 4 is 23.2 Å². The molecule has 3 aromatic rings. The van der Waals surface area contributed by atoms with Gasteiger partial charge in [0.05, 0.1) is 18.2 Å². The number of Topliss-reactive ketones (excluding diaryl/α,β-unsaturated/α-hetero) is 1. The Bertz CT molecular complexity index is 1900. The monoisotopic (exact) mass is 718 g/mol. The summed E-state index contributed by atoms with van der Waals surface area (Å²) in [6.45, 7) is 9.40. The molecule has 3 fully saturated rings. The summed E-state index contributed by atoms with van der Waals surface area (Å²) in [7, 11) is 0. The summed E-state index contributed by atoms with van der Waals surface area (Å²) >= 11 is 1.70. The normalized spacial score (nSPS) is 35.8. The van der Waals surface area contributed by atoms with Gasteiger partial charge >= 0.3 is 6.03 Å². The van der Waals surface area contributed by atoms with E-state index in [0.717, 1.165) is 55.2 Å². The van der Waals surface area contributed by atoms with Gasteiger partial charge < -0.3 is 20.4 Å². The SMILES string of the molecule is CC(C)NC(=O)N(CCc1cccs1)C[C@]1(O)CC[C@H]2[C@]34C=C[C@@]5(C=C3C(=O)c3ccccc3-c3ccccc3)CC(O)CC[C@]5(C)[C@H]4CC[C@@]21C. The molecule has 1 aromatic heterocycles. The van der Waals surface area contributed by atoms with Gasteiger partial charge in [0.15, 0.2) is 5.78 Å². The second-order valence-corrected chi connectivity index (χ2v) is 18.4. The van der Waals surface area contributed by atoms with Crippen molar-refractivity contribution in [2.75, 3.05) is 13.1 Å². The summed E-state index contributed by atoms with van der Waals surface area (Å²) in [4.78, 5) is 32.2. The van der Waals surface area contributed by atoms with Crippen LogP contribution in [0.5, 0.6) is 0 Å². The minimum absolute atomic E-state index is 0.00775. The molecule has 1 unspecified atom stereocenters. The summed E-state index contributed by atoms with van der Waals surface area (Å²) in [5, 5.41) is 29.4. The first-order valence-corrected chi connectivity index (χ1v) is 20.3. The number of carbonyl (C=O) groups excluding carboxylic acids is 2. The number of hydrogen-bond acceptors (Lipinski definition) is 5. The van der Waals surface area contributed by atoms with Gasteiger partial charge in [-0.25, -0.2) is 4.79 Å². The first kappa shape index (κ1) is 35.5. The molecular weight excluding hydrogens is 665 g/mol. The zero-order valence-corrected chi connectivity index (χ0v) is 31.9. The highest BCUT2D eigenvalue weighted by Gasteiger charge is 2.74. The number of fused-ring (bicyclic) bond motifs is 1. The Balaban J connectivity index is 1.22. The van der Waals surface area contributed by atoms with Gasteiger partial charge in [-0.05, 0) is 105 Å². The molecule has 52 heavy (non-hydrogen) atoms. The number of nitrogens with one attached hydrogen (secondary N) is 1. The van der Waals surface area contributed by atoms with E-state index in [-0.39, 0.29) is 41.7 Å². The average Bonchev–Trinajstić information content (AvgIpc) is 3.75. The molecule has 1 heterocycles. The Morgan fingerprint density at radius 3 is 2.37 bits per heavy atom. The molecule has 2 amide bonds. The fraction of sp³-hybridized carbons (Fsp3) is 0.511. The van der Waals surface area contributed by atoms with Crippen molar-refractivity contribution < 1.29 is 19.8 Å². The van der Waals surface area contributed by atoms with Crippen LogP contribution >= 0.6 is 11.3 Å². The van der Waals surface area contributed by atoms with Crippen LogP contribution in [0.25, 0.3) is 11.1 Å². The molecule has 274 valence electrons. The molecule has 6 aliphatic rings. The van der Waals surface area contributed by atoms with Crippen molar-refractivity contribution in [1.29, 1.82) is 0 Å². The topological polar surface area (TPSA) is 89.9 Å². The summed E-state index contributed by atoms with van der Waals surface area (Å²) in [5.41, 5.74) is 0.745. The van der Waals surface area contributed by atoms with E-state index < -0.39 is 27.9 Å². The molecular formula is C45H54N2O4S. The van der Waals surface area contributed by atoms with Crippen LogP contribution in [0.2, 0.25) is 0 Å². The lowest BCUT2D eigenvalue weighted by molar-refractivity contribution is -0.174. The van der Waals surface area contributed by atoms with E-state index in [1.54, 1.807) is 11.3 Å². The van der Waals surface area contributed by atoms with Gasteiger partial charge in [0.2, 0.25) is 0 Å². The first-order valence-electron chi connectivity index (χ1n) is 19.5. The van der Waals surface area contributed by atoms with Crippen molar-refractivity contribution in [2.24, 2.45) is 33.5 Å². The predicted molar refractivity (Wildman–Crippen MR) is 208 cm³/mol. The fourth-order valence-corrected chi connectivity index (χ4v) is 12.6. The fourth-order valence-electron chi connectivity index (χ4n) is 11.9. The Morgan fingerprint density at radius 1 is 0.904 bits per heavy atom. The Morgan fingerprint density at radius 2 is 1.62 bits per heavy atom. The minimum Gasteiger partial charge on any atom is -0.393 e. The molecule has 3 N–H and O–H groups in total. The van der Waals surface area contributed by atoms with Gasteiger partial charge in [-0.15, -0.1) is 11.3 Å². The lowest BCUT2D eigenvalue weighted by Gasteiger charge is -2.71. The number of allylic oxidation sites excluding steroid dienone is 4. The van der Waals surface area contributed by atoms with Crippen molar-refractivity contribution in [3.63, 3.8) is 0 Å². The van der Waals surface area contributed by atoms with Gasteiger partial charge in [-0.3, -0.25) is 4.79 Å². The third kappa shape index (κ3) is 5.24. The number of thiophene rings is 1. The Kier molecular flexibility index (Phi) is 8.75. The number of aliphatic hydroxyl groups is 2. The van der Waals surface area contributed by atoms with E-state index in [9.17, 15) is 15.0 Å². The predicted octanol–water partition coefficient (Wildman–Crippen LogP) is 8.85. The molecule has 6 aliphatic carbocycles. The maximum absolute atomic E-state index is 15.4. The third-order valence-electron chi connectivity index (χ3n) is 14.6. The number of benzene rings is 2. The number of rotatable bonds is 9.